The maximum absolute atomic E-state index is 11.8. The summed E-state index contributed by atoms with van der Waals surface area (Å²) in [6.07, 6.45) is 7.11. The largest absolute Gasteiger partial charge is 2.00 e. The smallest absolute Gasteiger partial charge is 0.394 e. The van der Waals surface area contributed by atoms with Gasteiger partial charge in [0, 0.05) is 0 Å². The van der Waals surface area contributed by atoms with E-state index < -0.39 is 0 Å². The van der Waals surface area contributed by atoms with Crippen LogP contribution in [0.1, 0.15) is 46.2 Å². The Morgan fingerprint density at radius 2 is 1.29 bits per heavy atom. The van der Waals surface area contributed by atoms with E-state index in [1.54, 1.807) is 12.8 Å². The van der Waals surface area contributed by atoms with Crippen LogP contribution in [-0.4, -0.2) is 17.6 Å². The molecule has 0 aromatic heterocycles. The predicted molar refractivity (Wildman–Crippen MR) is 109 cm³/mol. The molecule has 3 rings (SSSR count). The number of hydrogen-bond acceptors (Lipinski definition) is 2. The normalized spacial score (nSPS) is 21.1. The minimum Gasteiger partial charge on any atom is -0.394 e. The zero-order valence-corrected chi connectivity index (χ0v) is 18.3. The second-order valence-corrected chi connectivity index (χ2v) is 6.92. The minimum absolute atomic E-state index is 0. The number of carbonyl (C=O) groups is 1. The summed E-state index contributed by atoms with van der Waals surface area (Å²) in [7, 11) is 0. The number of amides is 1. The first-order valence-corrected chi connectivity index (χ1v) is 9.24. The molecule has 148 valence electrons. The fourth-order valence-corrected chi connectivity index (χ4v) is 3.09. The topological polar surface area (TPSA) is 49.3 Å². The molecule has 1 amide bonds. The molecule has 3 nitrogen and oxygen atoms in total. The summed E-state index contributed by atoms with van der Waals surface area (Å²) >= 11 is 0. The van der Waals surface area contributed by atoms with E-state index in [1.807, 2.05) is 43.2 Å². The third kappa shape index (κ3) is 6.34. The molecule has 0 spiro atoms. The van der Waals surface area contributed by atoms with Crippen molar-refractivity contribution in [1.82, 2.24) is 5.32 Å². The van der Waals surface area contributed by atoms with E-state index in [1.165, 1.54) is 29.6 Å². The number of rotatable bonds is 4. The van der Waals surface area contributed by atoms with Crippen LogP contribution in [0.4, 0.5) is 0 Å². The average Bonchev–Trinajstić information content (AvgIpc) is 3.29. The zero-order valence-electron chi connectivity index (χ0n) is 17.2. The molecule has 0 saturated heterocycles. The Balaban J connectivity index is 0.000000307. The molecule has 2 aliphatic rings. The summed E-state index contributed by atoms with van der Waals surface area (Å²) in [5.41, 5.74) is 0.898. The summed E-state index contributed by atoms with van der Waals surface area (Å²) < 4.78 is 0. The summed E-state index contributed by atoms with van der Waals surface area (Å²) in [4.78, 5) is 11.8. The van der Waals surface area contributed by atoms with Gasteiger partial charge >= 0.3 is 17.1 Å². The van der Waals surface area contributed by atoms with Crippen LogP contribution in [0.2, 0.25) is 0 Å². The SMILES string of the molecule is C[C]1[C](C)[C](C)[C](C)[C]1C.O=C(N[C@H](CO)c1ccccc1)[C]1[CH][CH][CH][CH]1.[Fe+2]. The Labute approximate surface area is 182 Å². The van der Waals surface area contributed by atoms with Gasteiger partial charge in [-0.1, -0.05) is 65.0 Å². The van der Waals surface area contributed by atoms with Gasteiger partial charge in [0.2, 0.25) is 5.91 Å². The van der Waals surface area contributed by atoms with Gasteiger partial charge in [-0.2, -0.15) is 0 Å². The van der Waals surface area contributed by atoms with Crippen LogP contribution in [0.15, 0.2) is 30.3 Å². The Morgan fingerprint density at radius 3 is 1.68 bits per heavy atom. The molecule has 0 heterocycles. The first-order chi connectivity index (χ1) is 12.9. The summed E-state index contributed by atoms with van der Waals surface area (Å²) in [5.74, 6) is 7.78. The standard InChI is InChI=1S/C14H14NO2.C10H15.Fe/c16-10-13(11-6-2-1-3-7-11)15-14(17)12-8-4-5-9-12;1-6-7(2)9(4)10(5)8(6)3;/h1-9,13,16H,10H2,(H,15,17);1-5H3;/q;;+2/t13-;;/m1../s1. The predicted octanol–water partition coefficient (Wildman–Crippen LogP) is 4.21. The van der Waals surface area contributed by atoms with E-state index >= 15 is 0 Å². The number of aliphatic hydroxyl groups excluding tert-OH is 1. The molecule has 4 heteroatoms. The van der Waals surface area contributed by atoms with Crippen molar-refractivity contribution in [3.8, 4) is 0 Å². The fourth-order valence-electron chi connectivity index (χ4n) is 3.09. The fraction of sp³-hybridized carbons (Fsp3) is 0.292. The molecule has 2 fully saturated rings. The first kappa shape index (κ1) is 25.2. The quantitative estimate of drug-likeness (QED) is 0.719. The van der Waals surface area contributed by atoms with Crippen molar-refractivity contribution in [2.45, 2.75) is 40.7 Å². The molecular weight excluding hydrogens is 390 g/mol. The van der Waals surface area contributed by atoms with Gasteiger partial charge in [0.15, 0.2) is 0 Å². The van der Waals surface area contributed by atoms with Gasteiger partial charge in [-0.05, 0) is 60.8 Å². The van der Waals surface area contributed by atoms with Crippen molar-refractivity contribution in [2.75, 3.05) is 6.61 Å². The summed E-state index contributed by atoms with van der Waals surface area (Å²) in [5, 5.41) is 12.1. The maximum Gasteiger partial charge on any atom is 2.00 e. The van der Waals surface area contributed by atoms with Gasteiger partial charge < -0.3 is 10.4 Å². The zero-order chi connectivity index (χ0) is 20.0. The number of nitrogens with one attached hydrogen (secondary N) is 1. The van der Waals surface area contributed by atoms with Crippen LogP contribution in [0.3, 0.4) is 0 Å². The Bertz CT molecular complexity index is 528. The van der Waals surface area contributed by atoms with Crippen molar-refractivity contribution in [2.24, 2.45) is 0 Å². The van der Waals surface area contributed by atoms with Crippen molar-refractivity contribution < 1.29 is 27.0 Å². The molecule has 0 unspecified atom stereocenters. The third-order valence-electron chi connectivity index (χ3n) is 5.43. The minimum atomic E-state index is -0.362. The monoisotopic (exact) mass is 419 g/mol. The molecule has 1 aromatic carbocycles. The van der Waals surface area contributed by atoms with Crippen LogP contribution < -0.4 is 5.32 Å². The maximum atomic E-state index is 11.8. The summed E-state index contributed by atoms with van der Waals surface area (Å²) in [6.45, 7) is 10.9. The Kier molecular flexibility index (Phi) is 10.8. The van der Waals surface area contributed by atoms with Crippen LogP contribution in [0, 0.1) is 61.2 Å². The van der Waals surface area contributed by atoms with Gasteiger partial charge in [0.1, 0.15) is 0 Å². The molecule has 0 aliphatic heterocycles. The molecule has 0 bridgehead atoms. The van der Waals surface area contributed by atoms with E-state index in [4.69, 9.17) is 0 Å². The Hall–Kier alpha value is -0.831. The summed E-state index contributed by atoms with van der Waals surface area (Å²) in [6, 6.07) is 9.06. The average molecular weight is 419 g/mol. The van der Waals surface area contributed by atoms with Crippen molar-refractivity contribution in [3.63, 3.8) is 0 Å². The van der Waals surface area contributed by atoms with E-state index in [2.05, 4.69) is 39.9 Å². The molecule has 1 aromatic rings. The second kappa shape index (κ2) is 12.0. The molecule has 28 heavy (non-hydrogen) atoms. The second-order valence-electron chi connectivity index (χ2n) is 6.92. The molecule has 2 N–H and O–H groups in total. The molecule has 1 atom stereocenters. The van der Waals surface area contributed by atoms with Gasteiger partial charge in [-0.25, -0.2) is 0 Å². The van der Waals surface area contributed by atoms with Gasteiger partial charge in [0.05, 0.1) is 18.6 Å². The van der Waals surface area contributed by atoms with Gasteiger partial charge in [0.25, 0.3) is 0 Å². The molecule has 2 aliphatic carbocycles. The van der Waals surface area contributed by atoms with Crippen molar-refractivity contribution in [3.05, 3.63) is 97.1 Å². The van der Waals surface area contributed by atoms with Crippen molar-refractivity contribution >= 4 is 5.91 Å². The number of carbonyl (C=O) groups excluding carboxylic acids is 1. The number of benzene rings is 1. The van der Waals surface area contributed by atoms with E-state index in [-0.39, 0.29) is 35.6 Å². The van der Waals surface area contributed by atoms with Crippen LogP contribution in [0.5, 0.6) is 0 Å². The van der Waals surface area contributed by atoms with Gasteiger partial charge in [-0.3, -0.25) is 4.79 Å². The van der Waals surface area contributed by atoms with Gasteiger partial charge in [-0.15, -0.1) is 0 Å². The van der Waals surface area contributed by atoms with E-state index in [0.29, 0.717) is 5.92 Å². The number of aliphatic hydroxyl groups is 1. The van der Waals surface area contributed by atoms with E-state index in [9.17, 15) is 9.90 Å². The Morgan fingerprint density at radius 1 is 0.857 bits per heavy atom. The number of hydrogen-bond donors (Lipinski definition) is 2. The molecule has 2 saturated carbocycles. The van der Waals surface area contributed by atoms with Crippen LogP contribution in [-0.2, 0) is 21.9 Å². The van der Waals surface area contributed by atoms with Crippen LogP contribution in [0.25, 0.3) is 0 Å². The van der Waals surface area contributed by atoms with E-state index in [0.717, 1.165) is 5.56 Å². The third-order valence-corrected chi connectivity index (χ3v) is 5.43. The molecular formula is C24H29FeNO2+2. The van der Waals surface area contributed by atoms with Crippen molar-refractivity contribution in [1.29, 1.82) is 0 Å². The van der Waals surface area contributed by atoms with Crippen LogP contribution >= 0.6 is 0 Å². The first-order valence-electron chi connectivity index (χ1n) is 9.24. The molecule has 10 radical (unpaired) electrons.